The van der Waals surface area contributed by atoms with Gasteiger partial charge in [-0.05, 0) is 11.5 Å². The van der Waals surface area contributed by atoms with Crippen LogP contribution in [0, 0.1) is 5.92 Å². The number of nitrogens with zero attached hydrogens (tertiary/aromatic N) is 1. The molecule has 0 radical (unpaired) electrons. The number of esters is 1. The lowest BCUT2D eigenvalue weighted by molar-refractivity contribution is -0.144. The molecule has 1 aromatic rings. The van der Waals surface area contributed by atoms with Crippen molar-refractivity contribution in [1.82, 2.24) is 4.90 Å². The second-order valence-corrected chi connectivity index (χ2v) is 5.64. The van der Waals surface area contributed by atoms with Gasteiger partial charge in [-0.1, -0.05) is 56.8 Å². The maximum atomic E-state index is 12.2. The summed E-state index contributed by atoms with van der Waals surface area (Å²) in [4.78, 5) is 25.4. The highest BCUT2D eigenvalue weighted by molar-refractivity contribution is 5.73. The molecule has 0 aliphatic heterocycles. The number of amides is 1. The Kier molecular flexibility index (Phi) is 7.88. The molecule has 1 aromatic carbocycles. The molecule has 0 bridgehead atoms. The van der Waals surface area contributed by atoms with Crippen molar-refractivity contribution < 1.29 is 19.1 Å². The van der Waals surface area contributed by atoms with Gasteiger partial charge in [0.05, 0.1) is 6.42 Å². The van der Waals surface area contributed by atoms with Gasteiger partial charge in [0, 0.05) is 13.1 Å². The van der Waals surface area contributed by atoms with Gasteiger partial charge in [0.15, 0.2) is 0 Å². The first-order valence-corrected chi connectivity index (χ1v) is 7.65. The fraction of sp³-hybridized carbons (Fsp3) is 0.444. The average molecular weight is 319 g/mol. The monoisotopic (exact) mass is 319 g/mol. The van der Waals surface area contributed by atoms with Gasteiger partial charge in [-0.2, -0.15) is 0 Å². The molecule has 0 unspecified atom stereocenters. The van der Waals surface area contributed by atoms with Crippen LogP contribution in [0.1, 0.15) is 25.8 Å². The van der Waals surface area contributed by atoms with E-state index in [2.05, 4.69) is 6.58 Å². The van der Waals surface area contributed by atoms with Gasteiger partial charge in [-0.3, -0.25) is 4.79 Å². The van der Waals surface area contributed by atoms with E-state index in [1.807, 2.05) is 44.2 Å². The molecule has 23 heavy (non-hydrogen) atoms. The minimum atomic E-state index is -0.455. The smallest absolute Gasteiger partial charge is 0.410 e. The van der Waals surface area contributed by atoms with Crippen LogP contribution in [0.3, 0.4) is 0 Å². The summed E-state index contributed by atoms with van der Waals surface area (Å²) in [5, 5.41) is 0. The van der Waals surface area contributed by atoms with Crippen LogP contribution in [0.5, 0.6) is 0 Å². The standard InChI is InChI=1S/C18H25NO4/c1-5-11-22-17(20)12-16(14(2)3)19(4)18(21)23-13-15-9-7-6-8-10-15/h5-10,14,16H,1,11-13H2,2-4H3/t16-/m0/s1. The van der Waals surface area contributed by atoms with Gasteiger partial charge in [0.1, 0.15) is 13.2 Å². The van der Waals surface area contributed by atoms with Gasteiger partial charge in [-0.25, -0.2) is 4.79 Å². The predicted octanol–water partition coefficient (Wildman–Crippen LogP) is 3.40. The zero-order valence-electron chi connectivity index (χ0n) is 14.0. The third-order valence-electron chi connectivity index (χ3n) is 3.50. The van der Waals surface area contributed by atoms with Crippen molar-refractivity contribution in [3.05, 3.63) is 48.6 Å². The molecule has 0 N–H and O–H groups in total. The first-order valence-electron chi connectivity index (χ1n) is 7.65. The topological polar surface area (TPSA) is 55.8 Å². The van der Waals surface area contributed by atoms with Crippen molar-refractivity contribution in [2.24, 2.45) is 5.92 Å². The first kappa shape index (κ1) is 18.7. The lowest BCUT2D eigenvalue weighted by Crippen LogP contribution is -2.42. The summed E-state index contributed by atoms with van der Waals surface area (Å²) >= 11 is 0. The molecule has 0 aliphatic rings. The number of hydrogen-bond acceptors (Lipinski definition) is 4. The van der Waals surface area contributed by atoms with E-state index in [0.717, 1.165) is 5.56 Å². The highest BCUT2D eigenvalue weighted by Crippen LogP contribution is 2.16. The van der Waals surface area contributed by atoms with Gasteiger partial charge >= 0.3 is 12.1 Å². The molecule has 0 saturated carbocycles. The second-order valence-electron chi connectivity index (χ2n) is 5.64. The lowest BCUT2D eigenvalue weighted by Gasteiger charge is -2.29. The largest absolute Gasteiger partial charge is 0.461 e. The SMILES string of the molecule is C=CCOC(=O)C[C@@H](C(C)C)N(C)C(=O)OCc1ccccc1. The molecule has 5 nitrogen and oxygen atoms in total. The van der Waals surface area contributed by atoms with E-state index in [4.69, 9.17) is 9.47 Å². The molecular weight excluding hydrogens is 294 g/mol. The second kappa shape index (κ2) is 9.66. The highest BCUT2D eigenvalue weighted by atomic mass is 16.6. The summed E-state index contributed by atoms with van der Waals surface area (Å²) < 4.78 is 10.3. The average Bonchev–Trinajstić information content (AvgIpc) is 2.55. The molecule has 5 heteroatoms. The number of carbonyl (C=O) groups is 2. The number of hydrogen-bond donors (Lipinski definition) is 0. The predicted molar refractivity (Wildman–Crippen MR) is 88.8 cm³/mol. The van der Waals surface area contributed by atoms with Crippen LogP contribution < -0.4 is 0 Å². The Labute approximate surface area is 137 Å². The fourth-order valence-corrected chi connectivity index (χ4v) is 2.16. The minimum Gasteiger partial charge on any atom is -0.461 e. The van der Waals surface area contributed by atoms with Crippen molar-refractivity contribution in [2.75, 3.05) is 13.7 Å². The fourth-order valence-electron chi connectivity index (χ4n) is 2.16. The van der Waals surface area contributed by atoms with E-state index in [0.29, 0.717) is 0 Å². The normalized spacial score (nSPS) is 11.7. The van der Waals surface area contributed by atoms with E-state index in [1.54, 1.807) is 7.05 Å². The van der Waals surface area contributed by atoms with Crippen LogP contribution in [-0.4, -0.2) is 36.7 Å². The van der Waals surface area contributed by atoms with Gasteiger partial charge in [-0.15, -0.1) is 0 Å². The first-order chi connectivity index (χ1) is 11.0. The Morgan fingerprint density at radius 3 is 2.43 bits per heavy atom. The quantitative estimate of drug-likeness (QED) is 0.544. The summed E-state index contributed by atoms with van der Waals surface area (Å²) in [6, 6.07) is 9.18. The summed E-state index contributed by atoms with van der Waals surface area (Å²) in [6.45, 7) is 7.78. The van der Waals surface area contributed by atoms with Crippen LogP contribution in [0.4, 0.5) is 4.79 Å². The summed E-state index contributed by atoms with van der Waals surface area (Å²) in [5.74, 6) is -0.258. The Balaban J connectivity index is 2.58. The maximum Gasteiger partial charge on any atom is 0.410 e. The molecule has 1 atom stereocenters. The van der Waals surface area contributed by atoms with Crippen molar-refractivity contribution in [3.63, 3.8) is 0 Å². The van der Waals surface area contributed by atoms with Crippen molar-refractivity contribution >= 4 is 12.1 Å². The number of benzene rings is 1. The van der Waals surface area contributed by atoms with E-state index in [9.17, 15) is 9.59 Å². The van der Waals surface area contributed by atoms with Crippen LogP contribution in [0.25, 0.3) is 0 Å². The summed E-state index contributed by atoms with van der Waals surface area (Å²) in [6.07, 6.45) is 1.19. The Bertz CT molecular complexity index is 513. The van der Waals surface area contributed by atoms with Crippen molar-refractivity contribution in [2.45, 2.75) is 32.9 Å². The third kappa shape index (κ3) is 6.55. The molecule has 0 spiro atoms. The number of carbonyl (C=O) groups excluding carboxylic acids is 2. The number of ether oxygens (including phenoxy) is 2. The molecule has 1 rings (SSSR count). The zero-order chi connectivity index (χ0) is 17.2. The molecule has 0 heterocycles. The molecule has 126 valence electrons. The number of rotatable bonds is 8. The van der Waals surface area contributed by atoms with Crippen molar-refractivity contribution in [3.8, 4) is 0 Å². The van der Waals surface area contributed by atoms with E-state index in [1.165, 1.54) is 11.0 Å². The molecule has 1 amide bonds. The summed E-state index contributed by atoms with van der Waals surface area (Å²) in [5.41, 5.74) is 0.917. The molecule has 0 aromatic heterocycles. The molecule has 0 fully saturated rings. The van der Waals surface area contributed by atoms with E-state index >= 15 is 0 Å². The molecular formula is C18H25NO4. The van der Waals surface area contributed by atoms with Crippen LogP contribution in [-0.2, 0) is 20.9 Å². The highest BCUT2D eigenvalue weighted by Gasteiger charge is 2.27. The summed E-state index contributed by atoms with van der Waals surface area (Å²) in [7, 11) is 1.64. The lowest BCUT2D eigenvalue weighted by atomic mass is 10.00. The van der Waals surface area contributed by atoms with Gasteiger partial charge < -0.3 is 14.4 Å². The minimum absolute atomic E-state index is 0.0977. The Morgan fingerprint density at radius 2 is 1.87 bits per heavy atom. The zero-order valence-corrected chi connectivity index (χ0v) is 14.0. The third-order valence-corrected chi connectivity index (χ3v) is 3.50. The molecule has 0 aliphatic carbocycles. The van der Waals surface area contributed by atoms with Crippen LogP contribution in [0.15, 0.2) is 43.0 Å². The molecule has 0 saturated heterocycles. The maximum absolute atomic E-state index is 12.2. The Morgan fingerprint density at radius 1 is 1.22 bits per heavy atom. The van der Waals surface area contributed by atoms with E-state index < -0.39 is 6.09 Å². The van der Waals surface area contributed by atoms with E-state index in [-0.39, 0.29) is 37.6 Å². The van der Waals surface area contributed by atoms with Crippen molar-refractivity contribution in [1.29, 1.82) is 0 Å². The van der Waals surface area contributed by atoms with Gasteiger partial charge in [0.2, 0.25) is 0 Å². The Hall–Kier alpha value is -2.30. The van der Waals surface area contributed by atoms with Crippen LogP contribution >= 0.6 is 0 Å². The van der Waals surface area contributed by atoms with Gasteiger partial charge in [0.25, 0.3) is 0 Å². The van der Waals surface area contributed by atoms with Crippen LogP contribution in [0.2, 0.25) is 0 Å².